The number of Topliss-reactive ketones (excluding diaryl/α,β-unsaturated/α-hetero) is 1. The van der Waals surface area contributed by atoms with Crippen LogP contribution in [0.2, 0.25) is 0 Å². The summed E-state index contributed by atoms with van der Waals surface area (Å²) in [4.78, 5) is 15.8. The number of fused-ring (bicyclic) bond motifs is 2. The van der Waals surface area contributed by atoms with Crippen molar-refractivity contribution < 1.29 is 9.53 Å². The number of hydrogen-bond acceptors (Lipinski definition) is 3. The van der Waals surface area contributed by atoms with Crippen LogP contribution in [-0.2, 0) is 0 Å². The van der Waals surface area contributed by atoms with Gasteiger partial charge in [0.15, 0.2) is 5.78 Å². The van der Waals surface area contributed by atoms with E-state index in [-0.39, 0.29) is 17.3 Å². The monoisotopic (exact) mass is 287 g/mol. The molecule has 3 nitrogen and oxygen atoms in total. The maximum absolute atomic E-state index is 11.6. The Hall–Kier alpha value is -1.38. The van der Waals surface area contributed by atoms with Crippen molar-refractivity contribution in [2.75, 3.05) is 0 Å². The predicted molar refractivity (Wildman–Crippen MR) is 82.5 cm³/mol. The molecular formula is C18H25NO2. The highest BCUT2D eigenvalue weighted by atomic mass is 16.5. The third-order valence-electron chi connectivity index (χ3n) is 6.34. The number of nitrogens with zero attached hydrogens (tertiary/aromatic N) is 1. The largest absolute Gasteiger partial charge is 0.488 e. The lowest BCUT2D eigenvalue weighted by Gasteiger charge is -2.38. The lowest BCUT2D eigenvalue weighted by Crippen LogP contribution is -2.38. The molecule has 21 heavy (non-hydrogen) atoms. The average molecular weight is 287 g/mol. The van der Waals surface area contributed by atoms with Crippen molar-refractivity contribution in [2.24, 2.45) is 16.7 Å². The van der Waals surface area contributed by atoms with Crippen LogP contribution >= 0.6 is 0 Å². The van der Waals surface area contributed by atoms with Gasteiger partial charge in [0.1, 0.15) is 17.5 Å². The van der Waals surface area contributed by atoms with Gasteiger partial charge >= 0.3 is 0 Å². The fraction of sp³-hybridized carbons (Fsp3) is 0.667. The molecule has 0 aliphatic heterocycles. The highest BCUT2D eigenvalue weighted by Gasteiger charge is 2.62. The summed E-state index contributed by atoms with van der Waals surface area (Å²) in [5.41, 5.74) is 1.13. The molecule has 0 radical (unpaired) electrons. The molecule has 0 amide bonds. The number of carbonyl (C=O) groups is 1. The van der Waals surface area contributed by atoms with Gasteiger partial charge in [-0.3, -0.25) is 4.79 Å². The first-order valence-corrected chi connectivity index (χ1v) is 8.04. The van der Waals surface area contributed by atoms with Gasteiger partial charge in [0.2, 0.25) is 0 Å². The molecule has 2 aliphatic carbocycles. The van der Waals surface area contributed by atoms with Crippen LogP contribution in [-0.4, -0.2) is 16.9 Å². The van der Waals surface area contributed by atoms with Gasteiger partial charge in [0.25, 0.3) is 0 Å². The van der Waals surface area contributed by atoms with Crippen molar-refractivity contribution in [3.8, 4) is 5.75 Å². The van der Waals surface area contributed by atoms with E-state index >= 15 is 0 Å². The fourth-order valence-electron chi connectivity index (χ4n) is 4.27. The smallest absolute Gasteiger partial charge is 0.180 e. The summed E-state index contributed by atoms with van der Waals surface area (Å²) in [6.07, 6.45) is 6.16. The Labute approximate surface area is 127 Å². The molecule has 3 heteroatoms. The Kier molecular flexibility index (Phi) is 3.34. The van der Waals surface area contributed by atoms with Gasteiger partial charge in [-0.1, -0.05) is 27.7 Å². The minimum atomic E-state index is 0.0783. The maximum atomic E-state index is 11.6. The molecule has 114 valence electrons. The van der Waals surface area contributed by atoms with Crippen LogP contribution in [0, 0.1) is 16.7 Å². The summed E-state index contributed by atoms with van der Waals surface area (Å²) in [6, 6.07) is 3.67. The Bertz CT molecular complexity index is 549. The van der Waals surface area contributed by atoms with E-state index in [1.165, 1.54) is 12.8 Å². The summed E-state index contributed by atoms with van der Waals surface area (Å²) < 4.78 is 6.24. The molecule has 0 spiro atoms. The topological polar surface area (TPSA) is 39.2 Å². The number of rotatable bonds is 4. The minimum Gasteiger partial charge on any atom is -0.488 e. The number of ether oxygens (including phenoxy) is 1. The zero-order valence-corrected chi connectivity index (χ0v) is 13.5. The summed E-state index contributed by atoms with van der Waals surface area (Å²) in [6.45, 7) is 8.99. The molecule has 0 saturated heterocycles. The van der Waals surface area contributed by atoms with Gasteiger partial charge in [0.05, 0.1) is 6.20 Å². The third-order valence-corrected chi connectivity index (χ3v) is 6.34. The average Bonchev–Trinajstić information content (AvgIpc) is 2.80. The van der Waals surface area contributed by atoms with Gasteiger partial charge in [0, 0.05) is 11.8 Å². The van der Waals surface area contributed by atoms with Gasteiger partial charge < -0.3 is 4.74 Å². The van der Waals surface area contributed by atoms with Crippen molar-refractivity contribution in [1.82, 2.24) is 4.98 Å². The first kappa shape index (κ1) is 14.6. The van der Waals surface area contributed by atoms with Crippen LogP contribution in [0.25, 0.3) is 0 Å². The molecule has 0 aromatic carbocycles. The lowest BCUT2D eigenvalue weighted by atomic mass is 9.70. The van der Waals surface area contributed by atoms with E-state index in [9.17, 15) is 4.79 Å². The summed E-state index contributed by atoms with van der Waals surface area (Å²) >= 11 is 0. The lowest BCUT2D eigenvalue weighted by molar-refractivity contribution is 0.0299. The number of aromatic nitrogens is 1. The molecular weight excluding hydrogens is 262 g/mol. The molecule has 3 atom stereocenters. The zero-order chi connectivity index (χ0) is 15.3. The van der Waals surface area contributed by atoms with Crippen LogP contribution in [0.15, 0.2) is 18.3 Å². The summed E-state index contributed by atoms with van der Waals surface area (Å²) in [5, 5.41) is 0. The Morgan fingerprint density at radius 3 is 2.62 bits per heavy atom. The van der Waals surface area contributed by atoms with Gasteiger partial charge in [-0.15, -0.1) is 0 Å². The van der Waals surface area contributed by atoms with Gasteiger partial charge in [-0.25, -0.2) is 4.98 Å². The van der Waals surface area contributed by atoms with Crippen molar-refractivity contribution >= 4 is 5.78 Å². The first-order chi connectivity index (χ1) is 9.88. The molecule has 2 bridgehead atoms. The molecule has 0 N–H and O–H groups in total. The first-order valence-electron chi connectivity index (χ1n) is 8.04. The van der Waals surface area contributed by atoms with Crippen LogP contribution < -0.4 is 4.74 Å². The van der Waals surface area contributed by atoms with Crippen LogP contribution in [0.1, 0.15) is 63.9 Å². The molecule has 2 aliphatic rings. The van der Waals surface area contributed by atoms with E-state index in [2.05, 4.69) is 25.8 Å². The molecule has 2 fully saturated rings. The Balaban J connectivity index is 1.75. The van der Waals surface area contributed by atoms with E-state index in [0.29, 0.717) is 17.5 Å². The van der Waals surface area contributed by atoms with Crippen molar-refractivity contribution in [3.63, 3.8) is 0 Å². The molecule has 3 rings (SSSR count). The number of ketones is 1. The van der Waals surface area contributed by atoms with Crippen molar-refractivity contribution in [3.05, 3.63) is 24.0 Å². The fourth-order valence-corrected chi connectivity index (χ4v) is 4.27. The number of hydrogen-bond donors (Lipinski definition) is 0. The van der Waals surface area contributed by atoms with Crippen LogP contribution in [0.5, 0.6) is 5.75 Å². The van der Waals surface area contributed by atoms with Crippen molar-refractivity contribution in [1.29, 1.82) is 0 Å². The molecule has 1 aromatic rings. The Morgan fingerprint density at radius 1 is 1.38 bits per heavy atom. The quantitative estimate of drug-likeness (QED) is 0.776. The SMILES string of the molecule is CCC(=O)c1ccc(OC2CC3CCC2(C)C3(C)C)cn1. The minimum absolute atomic E-state index is 0.0783. The molecule has 2 saturated carbocycles. The summed E-state index contributed by atoms with van der Waals surface area (Å²) in [5.74, 6) is 1.63. The highest BCUT2D eigenvalue weighted by Crippen LogP contribution is 2.66. The third kappa shape index (κ3) is 2.09. The van der Waals surface area contributed by atoms with E-state index in [0.717, 1.165) is 18.1 Å². The second kappa shape index (κ2) is 4.82. The number of pyridine rings is 1. The van der Waals surface area contributed by atoms with Gasteiger partial charge in [-0.2, -0.15) is 0 Å². The van der Waals surface area contributed by atoms with Crippen LogP contribution in [0.4, 0.5) is 0 Å². The van der Waals surface area contributed by atoms with E-state index in [1.54, 1.807) is 12.3 Å². The molecule has 1 heterocycles. The number of carbonyl (C=O) groups excluding carboxylic acids is 1. The molecule has 3 unspecified atom stereocenters. The second-order valence-electron chi connectivity index (χ2n) is 7.37. The maximum Gasteiger partial charge on any atom is 0.180 e. The zero-order valence-electron chi connectivity index (χ0n) is 13.5. The molecule has 1 aromatic heterocycles. The van der Waals surface area contributed by atoms with E-state index < -0.39 is 0 Å². The summed E-state index contributed by atoms with van der Waals surface area (Å²) in [7, 11) is 0. The highest BCUT2D eigenvalue weighted by molar-refractivity contribution is 5.93. The predicted octanol–water partition coefficient (Wildman–Crippen LogP) is 4.27. The standard InChI is InChI=1S/C18H25NO2/c1-5-15(20)14-7-6-13(11-19-14)21-16-10-12-8-9-18(16,4)17(12,2)3/h6-7,11-12,16H,5,8-10H2,1-4H3. The van der Waals surface area contributed by atoms with E-state index in [4.69, 9.17) is 4.74 Å². The normalized spacial score (nSPS) is 33.1. The van der Waals surface area contributed by atoms with Gasteiger partial charge in [-0.05, 0) is 42.7 Å². The van der Waals surface area contributed by atoms with Crippen LogP contribution in [0.3, 0.4) is 0 Å². The van der Waals surface area contributed by atoms with E-state index in [1.807, 2.05) is 13.0 Å². The second-order valence-corrected chi connectivity index (χ2v) is 7.37. The van der Waals surface area contributed by atoms with Crippen molar-refractivity contribution in [2.45, 2.75) is 59.5 Å². The Morgan fingerprint density at radius 2 is 2.14 bits per heavy atom.